The van der Waals surface area contributed by atoms with Crippen molar-refractivity contribution >= 4 is 65.4 Å². The predicted octanol–water partition coefficient (Wildman–Crippen LogP) is 4.57. The molecule has 63 heavy (non-hydrogen) atoms. The molecule has 1 aromatic heterocycles. The molecule has 0 bridgehead atoms. The number of benzene rings is 1. The van der Waals surface area contributed by atoms with Crippen LogP contribution in [0.15, 0.2) is 29.6 Å². The number of hydrogen-bond acceptors (Lipinski definition) is 14. The van der Waals surface area contributed by atoms with Crippen molar-refractivity contribution in [2.75, 3.05) is 32.7 Å². The Morgan fingerprint density at radius 3 is 2.35 bits per heavy atom. The number of thiazole rings is 1. The fraction of sp³-hybridized carbons (Fsp3) is 0.636. The molecule has 0 aliphatic carbocycles. The molecule has 1 fully saturated rings. The van der Waals surface area contributed by atoms with E-state index in [4.69, 9.17) is 9.47 Å². The van der Waals surface area contributed by atoms with Gasteiger partial charge in [-0.2, -0.15) is 12.6 Å². The minimum atomic E-state index is -0.939. The zero-order valence-electron chi connectivity index (χ0n) is 37.6. The van der Waals surface area contributed by atoms with Gasteiger partial charge in [-0.05, 0) is 82.2 Å². The number of carbonyl (C=O) groups is 7. The van der Waals surface area contributed by atoms with Gasteiger partial charge in [-0.25, -0.2) is 15.2 Å². The fourth-order valence-electron chi connectivity index (χ4n) is 7.23. The average Bonchev–Trinajstić information content (AvgIpc) is 3.72. The smallest absolute Gasteiger partial charge is 0.426 e. The van der Waals surface area contributed by atoms with Crippen LogP contribution in [-0.4, -0.2) is 118 Å². The van der Waals surface area contributed by atoms with Crippen LogP contribution in [0.3, 0.4) is 0 Å². The molecule has 3 rings (SSSR count). The number of phenolic OH excluding ortho intramolecular Hbond substituents is 1. The van der Waals surface area contributed by atoms with Crippen molar-refractivity contribution in [3.8, 4) is 5.75 Å². The molecule has 6 atom stereocenters. The second-order valence-corrected chi connectivity index (χ2v) is 18.2. The monoisotopic (exact) mass is 917 g/mol. The second kappa shape index (κ2) is 26.8. The lowest BCUT2D eigenvalue weighted by atomic mass is 9.94. The molecule has 17 nitrogen and oxygen atoms in total. The number of piperidine rings is 1. The third kappa shape index (κ3) is 18.1. The van der Waals surface area contributed by atoms with E-state index >= 15 is 0 Å². The summed E-state index contributed by atoms with van der Waals surface area (Å²) in [7, 11) is 1.90. The van der Waals surface area contributed by atoms with E-state index in [2.05, 4.69) is 39.1 Å². The largest absolute Gasteiger partial charge is 0.508 e. The van der Waals surface area contributed by atoms with Crippen molar-refractivity contribution in [3.63, 3.8) is 0 Å². The minimum absolute atomic E-state index is 0.0133. The van der Waals surface area contributed by atoms with Crippen LogP contribution in [0.5, 0.6) is 5.75 Å². The Balaban J connectivity index is 1.82. The predicted molar refractivity (Wildman–Crippen MR) is 242 cm³/mol. The lowest BCUT2D eigenvalue weighted by molar-refractivity contribution is -0.158. The molecule has 1 saturated heterocycles. The first-order valence-corrected chi connectivity index (χ1v) is 23.3. The van der Waals surface area contributed by atoms with Gasteiger partial charge in [0.2, 0.25) is 17.7 Å². The topological polar surface area (TPSA) is 226 Å². The summed E-state index contributed by atoms with van der Waals surface area (Å²) in [5, 5.41) is 18.0. The minimum Gasteiger partial charge on any atom is -0.508 e. The molecule has 19 heteroatoms. The van der Waals surface area contributed by atoms with E-state index in [0.717, 1.165) is 24.9 Å². The van der Waals surface area contributed by atoms with E-state index in [0.29, 0.717) is 30.0 Å². The van der Waals surface area contributed by atoms with Gasteiger partial charge in [0.05, 0.1) is 11.0 Å². The van der Waals surface area contributed by atoms with Crippen molar-refractivity contribution in [2.24, 2.45) is 17.8 Å². The summed E-state index contributed by atoms with van der Waals surface area (Å²) in [5.74, 6) is -2.92. The molecular weight excluding hydrogens is 851 g/mol. The van der Waals surface area contributed by atoms with E-state index < -0.39 is 60.6 Å². The number of phenols is 1. The van der Waals surface area contributed by atoms with Crippen LogP contribution in [0.4, 0.5) is 4.79 Å². The number of likely N-dealkylation sites (N-methyl/N-ethyl adjacent to an activating group) is 1. The van der Waals surface area contributed by atoms with E-state index in [1.165, 1.54) is 35.3 Å². The maximum atomic E-state index is 14.6. The molecule has 5 N–H and O–H groups in total. The van der Waals surface area contributed by atoms with E-state index in [-0.39, 0.29) is 79.7 Å². The van der Waals surface area contributed by atoms with Gasteiger partial charge in [-0.3, -0.25) is 39.1 Å². The zero-order valence-corrected chi connectivity index (χ0v) is 39.4. The molecule has 0 saturated carbocycles. The molecule has 1 unspecified atom stereocenters. The van der Waals surface area contributed by atoms with Gasteiger partial charge in [0.1, 0.15) is 29.9 Å². The van der Waals surface area contributed by atoms with Crippen LogP contribution in [0.25, 0.3) is 0 Å². The van der Waals surface area contributed by atoms with Crippen molar-refractivity contribution < 1.29 is 48.1 Å². The fourth-order valence-corrected chi connectivity index (χ4v) is 8.12. The quantitative estimate of drug-likeness (QED) is 0.0369. The number of aryl methyl sites for hydroxylation is 1. The van der Waals surface area contributed by atoms with Crippen molar-refractivity contribution in [1.82, 2.24) is 36.3 Å². The van der Waals surface area contributed by atoms with Crippen LogP contribution < -0.4 is 21.5 Å². The summed E-state index contributed by atoms with van der Waals surface area (Å²) in [5.41, 5.74) is 5.44. The lowest BCUT2D eigenvalue weighted by Crippen LogP contribution is -2.58. The normalized spacial score (nSPS) is 16.4. The third-order valence-electron chi connectivity index (χ3n) is 11.0. The maximum Gasteiger partial charge on any atom is 0.426 e. The molecule has 5 amide bonds. The number of ketones is 1. The van der Waals surface area contributed by atoms with Crippen molar-refractivity contribution in [3.05, 3.63) is 45.9 Å². The second-order valence-electron chi connectivity index (χ2n) is 16.8. The van der Waals surface area contributed by atoms with Crippen LogP contribution in [0.2, 0.25) is 0 Å². The van der Waals surface area contributed by atoms with Gasteiger partial charge in [-0.15, -0.1) is 11.3 Å². The number of amides is 5. The Kier molecular flexibility index (Phi) is 22.4. The Hall–Kier alpha value is -4.75. The van der Waals surface area contributed by atoms with Gasteiger partial charge in [-0.1, -0.05) is 59.6 Å². The molecule has 350 valence electrons. The first-order valence-electron chi connectivity index (χ1n) is 21.7. The number of aromatic nitrogens is 1. The summed E-state index contributed by atoms with van der Waals surface area (Å²) in [6.45, 7) is 11.1. The summed E-state index contributed by atoms with van der Waals surface area (Å²) in [6.07, 6.45) is 3.38. The molecule has 0 spiro atoms. The molecule has 2 aromatic rings. The van der Waals surface area contributed by atoms with Gasteiger partial charge in [0, 0.05) is 48.4 Å². The van der Waals surface area contributed by atoms with Gasteiger partial charge < -0.3 is 30.1 Å². The molecule has 0 radical (unpaired) electrons. The van der Waals surface area contributed by atoms with E-state index in [1.807, 2.05) is 39.6 Å². The van der Waals surface area contributed by atoms with Crippen LogP contribution in [-0.2, 0) is 46.3 Å². The molecule has 1 aliphatic heterocycles. The van der Waals surface area contributed by atoms with Crippen LogP contribution in [0.1, 0.15) is 114 Å². The van der Waals surface area contributed by atoms with Crippen LogP contribution in [0, 0.1) is 17.8 Å². The number of nitrogens with one attached hydrogen (secondary N) is 4. The number of likely N-dealkylation sites (tertiary alicyclic amines) is 1. The molecular formula is C44H67N7O10S2. The summed E-state index contributed by atoms with van der Waals surface area (Å²) in [4.78, 5) is 100. The Morgan fingerprint density at radius 1 is 1.00 bits per heavy atom. The van der Waals surface area contributed by atoms with Gasteiger partial charge in [0.25, 0.3) is 5.91 Å². The van der Waals surface area contributed by atoms with Crippen molar-refractivity contribution in [1.29, 1.82) is 0 Å². The average molecular weight is 918 g/mol. The number of thiol groups is 1. The highest BCUT2D eigenvalue weighted by atomic mass is 32.1. The number of nitrogens with zero attached hydrogens (tertiary/aromatic N) is 3. The SMILES string of the molecule is CCC(C)[C@H](NC(=O)[C@H]1CCCCN1C)C(=O)N(COC(=O)CC(C)C)[C@H](CCc1nc(C(=O)N[C@@H](Cc2ccc(O)cc2)C[C@H](C)C(=O)NNC(=O)OCCS)cs1)CC(C)=O. The summed E-state index contributed by atoms with van der Waals surface area (Å²) in [6, 6.07) is 3.86. The Morgan fingerprint density at radius 2 is 1.71 bits per heavy atom. The number of hydrazine groups is 1. The number of hydrogen-bond donors (Lipinski definition) is 6. The first kappa shape index (κ1) is 52.6. The first-order chi connectivity index (χ1) is 29.9. The van der Waals surface area contributed by atoms with Gasteiger partial charge in [0.15, 0.2) is 6.73 Å². The Bertz CT molecular complexity index is 1830. The summed E-state index contributed by atoms with van der Waals surface area (Å²) < 4.78 is 10.5. The summed E-state index contributed by atoms with van der Waals surface area (Å²) >= 11 is 5.22. The molecule has 1 aliphatic rings. The highest BCUT2D eigenvalue weighted by Crippen LogP contribution is 2.23. The number of carbonyl (C=O) groups excluding carboxylic acids is 7. The zero-order chi connectivity index (χ0) is 46.6. The highest BCUT2D eigenvalue weighted by Gasteiger charge is 2.37. The maximum absolute atomic E-state index is 14.6. The van der Waals surface area contributed by atoms with Crippen LogP contribution >= 0.6 is 24.0 Å². The number of esters is 1. The van der Waals surface area contributed by atoms with Crippen molar-refractivity contribution in [2.45, 2.75) is 130 Å². The highest BCUT2D eigenvalue weighted by molar-refractivity contribution is 7.80. The van der Waals surface area contributed by atoms with E-state index in [9.17, 15) is 38.7 Å². The number of rotatable bonds is 24. The third-order valence-corrected chi connectivity index (χ3v) is 12.1. The molecule has 2 heterocycles. The van der Waals surface area contributed by atoms with E-state index in [1.54, 1.807) is 24.4 Å². The number of Topliss-reactive ketones (excluding diaryl/α,β-unsaturated/α-hetero) is 1. The standard InChI is InChI=1S/C44H67N7O10S2/c1-8-28(4)39(47-42(57)36-11-9-10-18-50(36)7)43(58)51(26-61-38(54)21-27(2)3)33(23-30(6)52)14-17-37-46-35(25-63-37)41(56)45-32(24-31-12-15-34(53)16-13-31)22-29(5)40(55)48-49-44(59)60-19-20-62/h12-13,15-16,25,27-29,32-33,36,39,53,62H,8-11,14,17-24,26H2,1-7H3,(H,45,56)(H,47,57)(H,48,55)(H,49,59)/t28?,29-,32+,33+,36+,39-/m0/s1. The van der Waals surface area contributed by atoms with Gasteiger partial charge >= 0.3 is 12.1 Å². The lowest BCUT2D eigenvalue weighted by Gasteiger charge is -2.37. The number of ether oxygens (including phenoxy) is 2. The Labute approximate surface area is 380 Å². The molecule has 1 aromatic carbocycles. The number of aromatic hydroxyl groups is 1.